The molecule has 1 rings (SSSR count). The lowest BCUT2D eigenvalue weighted by Gasteiger charge is -2.12. The zero-order chi connectivity index (χ0) is 15.8. The second-order valence-electron chi connectivity index (χ2n) is 5.01. The molecule has 0 atom stereocenters. The van der Waals surface area contributed by atoms with Gasteiger partial charge < -0.3 is 20.3 Å². The number of hydrogen-bond donors (Lipinski definition) is 2. The first-order chi connectivity index (χ1) is 9.93. The molecule has 0 aromatic heterocycles. The van der Waals surface area contributed by atoms with Crippen LogP contribution in [0, 0.1) is 0 Å². The Morgan fingerprint density at radius 2 is 2.00 bits per heavy atom. The smallest absolute Gasteiger partial charge is 0.255 e. The Hall–Kier alpha value is -2.08. The molecule has 0 radical (unpaired) electrons. The maximum atomic E-state index is 12.2. The van der Waals surface area contributed by atoms with Gasteiger partial charge in [-0.2, -0.15) is 0 Å². The zero-order valence-electron chi connectivity index (χ0n) is 13.0. The first-order valence-corrected chi connectivity index (χ1v) is 6.82. The first kappa shape index (κ1) is 17.0. The van der Waals surface area contributed by atoms with Gasteiger partial charge in [-0.05, 0) is 45.3 Å². The fourth-order valence-corrected chi connectivity index (χ4v) is 1.86. The van der Waals surface area contributed by atoms with Crippen molar-refractivity contribution in [1.29, 1.82) is 0 Å². The monoisotopic (exact) mass is 293 g/mol. The molecule has 6 heteroatoms. The Morgan fingerprint density at radius 3 is 2.57 bits per heavy atom. The molecule has 21 heavy (non-hydrogen) atoms. The number of ether oxygens (including phenoxy) is 1. The van der Waals surface area contributed by atoms with Crippen LogP contribution in [-0.4, -0.2) is 51.0 Å². The molecule has 1 aromatic carbocycles. The highest BCUT2D eigenvalue weighted by Gasteiger charge is 2.13. The lowest BCUT2D eigenvalue weighted by atomic mass is 10.1. The van der Waals surface area contributed by atoms with E-state index in [1.54, 1.807) is 18.2 Å². The molecule has 0 aliphatic heterocycles. The SMILES string of the molecule is COc1ccc(NC(C)=O)cc1C(=O)NCCCN(C)C. The molecule has 6 nitrogen and oxygen atoms in total. The second kappa shape index (κ2) is 8.26. The van der Waals surface area contributed by atoms with Crippen LogP contribution in [0.15, 0.2) is 18.2 Å². The second-order valence-corrected chi connectivity index (χ2v) is 5.01. The van der Waals surface area contributed by atoms with Crippen LogP contribution in [0.4, 0.5) is 5.69 Å². The van der Waals surface area contributed by atoms with Gasteiger partial charge in [0.2, 0.25) is 5.91 Å². The fraction of sp³-hybridized carbons (Fsp3) is 0.467. The number of nitrogens with one attached hydrogen (secondary N) is 2. The third-order valence-electron chi connectivity index (χ3n) is 2.83. The standard InChI is InChI=1S/C15H23N3O3/c1-11(19)17-12-6-7-14(21-4)13(10-12)15(20)16-8-5-9-18(2)3/h6-7,10H,5,8-9H2,1-4H3,(H,16,20)(H,17,19). The number of hydrogen-bond acceptors (Lipinski definition) is 4. The van der Waals surface area contributed by atoms with E-state index in [1.807, 2.05) is 14.1 Å². The van der Waals surface area contributed by atoms with E-state index in [4.69, 9.17) is 4.74 Å². The van der Waals surface area contributed by atoms with E-state index >= 15 is 0 Å². The van der Waals surface area contributed by atoms with Crippen LogP contribution in [0.3, 0.4) is 0 Å². The number of rotatable bonds is 7. The molecule has 1 aromatic rings. The van der Waals surface area contributed by atoms with Crippen LogP contribution < -0.4 is 15.4 Å². The van der Waals surface area contributed by atoms with Crippen LogP contribution in [0.5, 0.6) is 5.75 Å². The van der Waals surface area contributed by atoms with Gasteiger partial charge in [-0.1, -0.05) is 0 Å². The van der Waals surface area contributed by atoms with Crippen LogP contribution in [-0.2, 0) is 4.79 Å². The molecular formula is C15H23N3O3. The number of nitrogens with zero attached hydrogens (tertiary/aromatic N) is 1. The van der Waals surface area contributed by atoms with E-state index in [9.17, 15) is 9.59 Å². The highest BCUT2D eigenvalue weighted by molar-refractivity contribution is 5.99. The number of anilines is 1. The van der Waals surface area contributed by atoms with Gasteiger partial charge in [0.15, 0.2) is 0 Å². The number of carbonyl (C=O) groups excluding carboxylic acids is 2. The molecule has 0 heterocycles. The Morgan fingerprint density at radius 1 is 1.29 bits per heavy atom. The minimum atomic E-state index is -0.210. The van der Waals surface area contributed by atoms with Crippen molar-refractivity contribution in [3.63, 3.8) is 0 Å². The molecule has 0 aliphatic carbocycles. The molecule has 2 amide bonds. The first-order valence-electron chi connectivity index (χ1n) is 6.82. The number of methoxy groups -OCH3 is 1. The predicted molar refractivity (Wildman–Crippen MR) is 82.8 cm³/mol. The van der Waals surface area contributed by atoms with Crippen LogP contribution in [0.2, 0.25) is 0 Å². The van der Waals surface area contributed by atoms with Gasteiger partial charge in [0.05, 0.1) is 12.7 Å². The van der Waals surface area contributed by atoms with Crippen LogP contribution in [0.1, 0.15) is 23.7 Å². The fourth-order valence-electron chi connectivity index (χ4n) is 1.86. The largest absolute Gasteiger partial charge is 0.496 e. The summed E-state index contributed by atoms with van der Waals surface area (Å²) in [6.07, 6.45) is 0.868. The summed E-state index contributed by atoms with van der Waals surface area (Å²) in [5.74, 6) is 0.0875. The summed E-state index contributed by atoms with van der Waals surface area (Å²) in [7, 11) is 5.49. The van der Waals surface area contributed by atoms with E-state index < -0.39 is 0 Å². The van der Waals surface area contributed by atoms with E-state index in [0.29, 0.717) is 23.5 Å². The molecule has 2 N–H and O–H groups in total. The van der Waals surface area contributed by atoms with Gasteiger partial charge in [0, 0.05) is 19.2 Å². The summed E-state index contributed by atoms with van der Waals surface area (Å²) in [6, 6.07) is 4.98. The molecule has 116 valence electrons. The van der Waals surface area contributed by atoms with E-state index in [1.165, 1.54) is 14.0 Å². The summed E-state index contributed by atoms with van der Waals surface area (Å²) in [5, 5.41) is 5.50. The van der Waals surface area contributed by atoms with Crippen molar-refractivity contribution in [3.05, 3.63) is 23.8 Å². The van der Waals surface area contributed by atoms with Crippen molar-refractivity contribution in [2.45, 2.75) is 13.3 Å². The van der Waals surface area contributed by atoms with Crippen molar-refractivity contribution in [2.75, 3.05) is 39.6 Å². The Balaban J connectivity index is 2.73. The van der Waals surface area contributed by atoms with E-state index in [2.05, 4.69) is 15.5 Å². The maximum Gasteiger partial charge on any atom is 0.255 e. The molecule has 0 unspecified atom stereocenters. The van der Waals surface area contributed by atoms with Gasteiger partial charge in [0.25, 0.3) is 5.91 Å². The summed E-state index contributed by atoms with van der Waals surface area (Å²) >= 11 is 0. The van der Waals surface area contributed by atoms with Gasteiger partial charge >= 0.3 is 0 Å². The topological polar surface area (TPSA) is 70.7 Å². The molecule has 0 spiro atoms. The van der Waals surface area contributed by atoms with Crippen molar-refractivity contribution >= 4 is 17.5 Å². The molecule has 0 fully saturated rings. The third kappa shape index (κ3) is 5.83. The Bertz CT molecular complexity index is 501. The minimum Gasteiger partial charge on any atom is -0.496 e. The van der Waals surface area contributed by atoms with Crippen molar-refractivity contribution < 1.29 is 14.3 Å². The zero-order valence-corrected chi connectivity index (χ0v) is 13.0. The van der Waals surface area contributed by atoms with Crippen molar-refractivity contribution in [3.8, 4) is 5.75 Å². The number of benzene rings is 1. The van der Waals surface area contributed by atoms with Crippen LogP contribution >= 0.6 is 0 Å². The van der Waals surface area contributed by atoms with E-state index in [-0.39, 0.29) is 11.8 Å². The molecule has 0 saturated carbocycles. The summed E-state index contributed by atoms with van der Waals surface area (Å²) in [6.45, 7) is 2.92. The maximum absolute atomic E-state index is 12.2. The molecular weight excluding hydrogens is 270 g/mol. The summed E-state index contributed by atoms with van der Waals surface area (Å²) < 4.78 is 5.19. The Kier molecular flexibility index (Phi) is 6.68. The predicted octanol–water partition coefficient (Wildman–Crippen LogP) is 1.34. The lowest BCUT2D eigenvalue weighted by molar-refractivity contribution is -0.114. The van der Waals surface area contributed by atoms with Gasteiger partial charge in [-0.15, -0.1) is 0 Å². The number of amides is 2. The van der Waals surface area contributed by atoms with Gasteiger partial charge in [-0.25, -0.2) is 0 Å². The van der Waals surface area contributed by atoms with Gasteiger partial charge in [-0.3, -0.25) is 9.59 Å². The van der Waals surface area contributed by atoms with Gasteiger partial charge in [0.1, 0.15) is 5.75 Å². The number of carbonyl (C=O) groups is 2. The molecule has 0 bridgehead atoms. The van der Waals surface area contributed by atoms with Crippen LogP contribution in [0.25, 0.3) is 0 Å². The average molecular weight is 293 g/mol. The quantitative estimate of drug-likeness (QED) is 0.744. The van der Waals surface area contributed by atoms with Crippen molar-refractivity contribution in [2.24, 2.45) is 0 Å². The average Bonchev–Trinajstić information content (AvgIpc) is 2.42. The third-order valence-corrected chi connectivity index (χ3v) is 2.83. The highest BCUT2D eigenvalue weighted by Crippen LogP contribution is 2.22. The highest BCUT2D eigenvalue weighted by atomic mass is 16.5. The normalized spacial score (nSPS) is 10.3. The van der Waals surface area contributed by atoms with Crippen molar-refractivity contribution in [1.82, 2.24) is 10.2 Å². The minimum absolute atomic E-state index is 0.183. The molecule has 0 aliphatic rings. The summed E-state index contributed by atoms with van der Waals surface area (Å²) in [4.78, 5) is 25.3. The summed E-state index contributed by atoms with van der Waals surface area (Å²) in [5.41, 5.74) is 0.982. The molecule has 0 saturated heterocycles. The van der Waals surface area contributed by atoms with E-state index in [0.717, 1.165) is 13.0 Å². The Labute approximate surface area is 125 Å². The lowest BCUT2D eigenvalue weighted by Crippen LogP contribution is -2.27.